The Hall–Kier alpha value is -2.87. The number of carbonyl (C=O) groups excluding carboxylic acids is 1. The fourth-order valence-electron chi connectivity index (χ4n) is 2.28. The highest BCUT2D eigenvalue weighted by Crippen LogP contribution is 2.22. The molecule has 116 valence electrons. The van der Waals surface area contributed by atoms with Crippen molar-refractivity contribution in [1.82, 2.24) is 0 Å². The van der Waals surface area contributed by atoms with Gasteiger partial charge in [0.25, 0.3) is 0 Å². The summed E-state index contributed by atoms with van der Waals surface area (Å²) in [5.74, 6) is 0.105. The van der Waals surface area contributed by atoms with E-state index in [0.29, 0.717) is 11.5 Å². The lowest BCUT2D eigenvalue weighted by Crippen LogP contribution is -2.09. The van der Waals surface area contributed by atoms with Gasteiger partial charge in [0.1, 0.15) is 0 Å². The maximum atomic E-state index is 10.4. The Morgan fingerprint density at radius 1 is 0.696 bits per heavy atom. The van der Waals surface area contributed by atoms with Gasteiger partial charge in [-0.2, -0.15) is 0 Å². The molecule has 3 aromatic rings. The van der Waals surface area contributed by atoms with Gasteiger partial charge < -0.3 is 5.73 Å². The summed E-state index contributed by atoms with van der Waals surface area (Å²) in [7, 11) is 0. The molecule has 2 heteroatoms. The van der Waals surface area contributed by atoms with E-state index in [1.54, 1.807) is 24.3 Å². The number of amides is 1. The van der Waals surface area contributed by atoms with Gasteiger partial charge in [-0.15, -0.1) is 0 Å². The minimum atomic E-state index is -0.379. The molecule has 2 nitrogen and oxygen atoms in total. The van der Waals surface area contributed by atoms with Crippen LogP contribution in [-0.4, -0.2) is 5.91 Å². The molecular weight excluding hydrogens is 282 g/mol. The SMILES string of the molecule is CC(c1ccccc1)c1ccccc1.NC(=O)c1ccccc1. The Bertz CT molecular complexity index is 669. The molecule has 1 amide bonds. The molecule has 0 aromatic heterocycles. The van der Waals surface area contributed by atoms with E-state index in [2.05, 4.69) is 67.6 Å². The number of hydrogen-bond donors (Lipinski definition) is 1. The first-order valence-corrected chi connectivity index (χ1v) is 7.63. The Morgan fingerprint density at radius 3 is 1.35 bits per heavy atom. The van der Waals surface area contributed by atoms with Crippen molar-refractivity contribution < 1.29 is 4.79 Å². The number of nitrogens with two attached hydrogens (primary N) is 1. The molecule has 23 heavy (non-hydrogen) atoms. The van der Waals surface area contributed by atoms with E-state index in [1.165, 1.54) is 11.1 Å². The van der Waals surface area contributed by atoms with Gasteiger partial charge in [0, 0.05) is 11.5 Å². The molecule has 0 atom stereocenters. The van der Waals surface area contributed by atoms with Crippen molar-refractivity contribution in [3.05, 3.63) is 108 Å². The van der Waals surface area contributed by atoms with Crippen LogP contribution in [0.3, 0.4) is 0 Å². The molecule has 0 unspecified atom stereocenters. The third-order valence-corrected chi connectivity index (χ3v) is 3.66. The van der Waals surface area contributed by atoms with E-state index in [-0.39, 0.29) is 5.91 Å². The molecular formula is C21H21NO. The summed E-state index contributed by atoms with van der Waals surface area (Å²) in [5, 5.41) is 0. The van der Waals surface area contributed by atoms with Crippen molar-refractivity contribution in [2.24, 2.45) is 5.73 Å². The van der Waals surface area contributed by atoms with Crippen molar-refractivity contribution >= 4 is 5.91 Å². The topological polar surface area (TPSA) is 43.1 Å². The van der Waals surface area contributed by atoms with Crippen molar-refractivity contribution in [1.29, 1.82) is 0 Å². The van der Waals surface area contributed by atoms with Gasteiger partial charge in [0.2, 0.25) is 5.91 Å². The minimum Gasteiger partial charge on any atom is -0.366 e. The highest BCUT2D eigenvalue weighted by Gasteiger charge is 2.05. The van der Waals surface area contributed by atoms with Gasteiger partial charge in [-0.05, 0) is 23.3 Å². The summed E-state index contributed by atoms with van der Waals surface area (Å²) in [6.07, 6.45) is 0. The molecule has 0 fully saturated rings. The maximum Gasteiger partial charge on any atom is 0.248 e. The van der Waals surface area contributed by atoms with Crippen LogP contribution in [0.5, 0.6) is 0 Å². The number of benzene rings is 3. The summed E-state index contributed by atoms with van der Waals surface area (Å²) in [5.41, 5.74) is 8.28. The second-order valence-corrected chi connectivity index (χ2v) is 5.27. The van der Waals surface area contributed by atoms with Crippen LogP contribution >= 0.6 is 0 Å². The molecule has 0 heterocycles. The quantitative estimate of drug-likeness (QED) is 0.753. The van der Waals surface area contributed by atoms with Gasteiger partial charge in [0.05, 0.1) is 0 Å². The molecule has 0 aliphatic rings. The molecule has 0 spiro atoms. The number of hydrogen-bond acceptors (Lipinski definition) is 1. The monoisotopic (exact) mass is 303 g/mol. The van der Waals surface area contributed by atoms with Crippen LogP contribution in [0.15, 0.2) is 91.0 Å². The lowest BCUT2D eigenvalue weighted by Gasteiger charge is -2.11. The molecule has 0 saturated carbocycles. The fourth-order valence-corrected chi connectivity index (χ4v) is 2.28. The zero-order chi connectivity index (χ0) is 16.5. The number of carbonyl (C=O) groups is 1. The summed E-state index contributed by atoms with van der Waals surface area (Å²) in [6, 6.07) is 30.0. The van der Waals surface area contributed by atoms with E-state index in [4.69, 9.17) is 5.73 Å². The molecule has 0 saturated heterocycles. The van der Waals surface area contributed by atoms with Crippen LogP contribution in [-0.2, 0) is 0 Å². The molecule has 3 rings (SSSR count). The second-order valence-electron chi connectivity index (χ2n) is 5.27. The number of rotatable bonds is 3. The highest BCUT2D eigenvalue weighted by atomic mass is 16.1. The predicted octanol–water partition coefficient (Wildman–Crippen LogP) is 4.62. The largest absolute Gasteiger partial charge is 0.366 e. The second kappa shape index (κ2) is 8.54. The minimum absolute atomic E-state index is 0.379. The summed E-state index contributed by atoms with van der Waals surface area (Å²) >= 11 is 0. The lowest BCUT2D eigenvalue weighted by molar-refractivity contribution is 0.100. The Labute approximate surface area is 137 Å². The average Bonchev–Trinajstić information content (AvgIpc) is 2.64. The first-order valence-electron chi connectivity index (χ1n) is 7.63. The highest BCUT2D eigenvalue weighted by molar-refractivity contribution is 5.92. The number of primary amides is 1. The normalized spacial score (nSPS) is 9.83. The van der Waals surface area contributed by atoms with Crippen LogP contribution in [0.4, 0.5) is 0 Å². The van der Waals surface area contributed by atoms with Gasteiger partial charge in [-0.1, -0.05) is 85.8 Å². The molecule has 2 N–H and O–H groups in total. The molecule has 0 aliphatic heterocycles. The first-order chi connectivity index (χ1) is 11.2. The van der Waals surface area contributed by atoms with Gasteiger partial charge in [-0.25, -0.2) is 0 Å². The smallest absolute Gasteiger partial charge is 0.248 e. The third kappa shape index (κ3) is 5.11. The maximum absolute atomic E-state index is 10.4. The summed E-state index contributed by atoms with van der Waals surface area (Å²) < 4.78 is 0. The van der Waals surface area contributed by atoms with E-state index in [0.717, 1.165) is 0 Å². The zero-order valence-corrected chi connectivity index (χ0v) is 13.2. The van der Waals surface area contributed by atoms with Crippen molar-refractivity contribution in [3.8, 4) is 0 Å². The Balaban J connectivity index is 0.000000185. The summed E-state index contributed by atoms with van der Waals surface area (Å²) in [6.45, 7) is 2.24. The first kappa shape index (κ1) is 16.5. The average molecular weight is 303 g/mol. The summed E-state index contributed by atoms with van der Waals surface area (Å²) in [4.78, 5) is 10.4. The molecule has 0 bridgehead atoms. The van der Waals surface area contributed by atoms with E-state index in [1.807, 2.05) is 6.07 Å². The predicted molar refractivity (Wildman–Crippen MR) is 95.4 cm³/mol. The van der Waals surface area contributed by atoms with Crippen LogP contribution < -0.4 is 5.73 Å². The zero-order valence-electron chi connectivity index (χ0n) is 13.2. The third-order valence-electron chi connectivity index (χ3n) is 3.66. The fraction of sp³-hybridized carbons (Fsp3) is 0.0952. The van der Waals surface area contributed by atoms with E-state index >= 15 is 0 Å². The van der Waals surface area contributed by atoms with Crippen LogP contribution in [0.1, 0.15) is 34.3 Å². The Morgan fingerprint density at radius 2 is 1.04 bits per heavy atom. The van der Waals surface area contributed by atoms with Gasteiger partial charge >= 0.3 is 0 Å². The van der Waals surface area contributed by atoms with Crippen molar-refractivity contribution in [2.75, 3.05) is 0 Å². The van der Waals surface area contributed by atoms with Crippen LogP contribution in [0, 0.1) is 0 Å². The van der Waals surface area contributed by atoms with Crippen LogP contribution in [0.2, 0.25) is 0 Å². The lowest BCUT2D eigenvalue weighted by atomic mass is 9.93. The Kier molecular flexibility index (Phi) is 6.13. The van der Waals surface area contributed by atoms with Gasteiger partial charge in [0.15, 0.2) is 0 Å². The molecule has 3 aromatic carbocycles. The molecule has 0 aliphatic carbocycles. The van der Waals surface area contributed by atoms with E-state index < -0.39 is 0 Å². The van der Waals surface area contributed by atoms with E-state index in [9.17, 15) is 4.79 Å². The van der Waals surface area contributed by atoms with Gasteiger partial charge in [-0.3, -0.25) is 4.79 Å². The standard InChI is InChI=1S/C14H14.C7H7NO/c1-12(13-8-4-2-5-9-13)14-10-6-3-7-11-14;8-7(9)6-4-2-1-3-5-6/h2-12H,1H3;1-5H,(H2,8,9). The molecule has 0 radical (unpaired) electrons. The van der Waals surface area contributed by atoms with Crippen molar-refractivity contribution in [2.45, 2.75) is 12.8 Å². The van der Waals surface area contributed by atoms with Crippen molar-refractivity contribution in [3.63, 3.8) is 0 Å². The van der Waals surface area contributed by atoms with Crippen LogP contribution in [0.25, 0.3) is 0 Å².